The van der Waals surface area contributed by atoms with Crippen molar-refractivity contribution in [3.8, 4) is 17.6 Å². The van der Waals surface area contributed by atoms with Crippen molar-refractivity contribution in [2.24, 2.45) is 0 Å². The maximum atomic E-state index is 5.67. The Kier molecular flexibility index (Phi) is 5.07. The van der Waals surface area contributed by atoms with Gasteiger partial charge >= 0.3 is 0 Å². The Balaban J connectivity index is 1.54. The topological polar surface area (TPSA) is 49.9 Å². The number of benzene rings is 1. The summed E-state index contributed by atoms with van der Waals surface area (Å²) < 4.78 is 5.67. The van der Waals surface area contributed by atoms with Crippen molar-refractivity contribution in [2.75, 3.05) is 11.9 Å². The Morgan fingerprint density at radius 2 is 1.96 bits per heavy atom. The lowest BCUT2D eigenvalue weighted by Gasteiger charge is -2.24. The first-order valence-electron chi connectivity index (χ1n) is 9.29. The molecule has 0 radical (unpaired) electrons. The van der Waals surface area contributed by atoms with Gasteiger partial charge in [0, 0.05) is 23.8 Å². The zero-order valence-electron chi connectivity index (χ0n) is 14.8. The van der Waals surface area contributed by atoms with Crippen molar-refractivity contribution in [3.05, 3.63) is 54.4 Å². The number of anilines is 1. The van der Waals surface area contributed by atoms with E-state index in [0.29, 0.717) is 12.6 Å². The fourth-order valence-electron chi connectivity index (χ4n) is 3.48. The summed E-state index contributed by atoms with van der Waals surface area (Å²) in [6, 6.07) is 12.3. The van der Waals surface area contributed by atoms with E-state index < -0.39 is 0 Å². The molecule has 2 N–H and O–H groups in total. The van der Waals surface area contributed by atoms with Gasteiger partial charge in [0.05, 0.1) is 11.3 Å². The SMILES string of the molecule is C(#Cc1cnc2[nH]ccc2c1NC1CCCCC1)COc1ccccc1. The van der Waals surface area contributed by atoms with Crippen LogP contribution in [0.5, 0.6) is 5.75 Å². The van der Waals surface area contributed by atoms with E-state index in [1.54, 1.807) is 0 Å². The van der Waals surface area contributed by atoms with E-state index in [4.69, 9.17) is 4.74 Å². The van der Waals surface area contributed by atoms with Crippen LogP contribution in [0.4, 0.5) is 5.69 Å². The van der Waals surface area contributed by atoms with Gasteiger partial charge in [0.25, 0.3) is 0 Å². The maximum absolute atomic E-state index is 5.67. The summed E-state index contributed by atoms with van der Waals surface area (Å²) >= 11 is 0. The van der Waals surface area contributed by atoms with Gasteiger partial charge in [-0.15, -0.1) is 0 Å². The zero-order chi connectivity index (χ0) is 17.6. The molecule has 132 valence electrons. The minimum Gasteiger partial charge on any atom is -0.481 e. The van der Waals surface area contributed by atoms with Gasteiger partial charge in [0.1, 0.15) is 18.0 Å². The number of ether oxygens (including phenoxy) is 1. The first kappa shape index (κ1) is 16.5. The fourth-order valence-corrected chi connectivity index (χ4v) is 3.48. The second kappa shape index (κ2) is 7.97. The van der Waals surface area contributed by atoms with Crippen LogP contribution in [0, 0.1) is 11.8 Å². The summed E-state index contributed by atoms with van der Waals surface area (Å²) in [5, 5.41) is 4.84. The summed E-state index contributed by atoms with van der Waals surface area (Å²) in [7, 11) is 0. The quantitative estimate of drug-likeness (QED) is 0.672. The van der Waals surface area contributed by atoms with Crippen LogP contribution in [0.25, 0.3) is 11.0 Å². The molecule has 4 heteroatoms. The number of pyridine rings is 1. The molecule has 1 saturated carbocycles. The van der Waals surface area contributed by atoms with Crippen molar-refractivity contribution in [2.45, 2.75) is 38.1 Å². The van der Waals surface area contributed by atoms with Gasteiger partial charge in [0.15, 0.2) is 0 Å². The summed E-state index contributed by atoms with van der Waals surface area (Å²) in [5.41, 5.74) is 2.92. The number of aromatic amines is 1. The van der Waals surface area contributed by atoms with E-state index in [2.05, 4.69) is 33.2 Å². The normalized spacial score (nSPS) is 14.6. The summed E-state index contributed by atoms with van der Waals surface area (Å²) in [6.07, 6.45) is 10.2. The van der Waals surface area contributed by atoms with Crippen LogP contribution >= 0.6 is 0 Å². The van der Waals surface area contributed by atoms with Gasteiger partial charge in [-0.3, -0.25) is 0 Å². The monoisotopic (exact) mass is 345 g/mol. The lowest BCUT2D eigenvalue weighted by atomic mass is 9.95. The zero-order valence-corrected chi connectivity index (χ0v) is 14.8. The molecule has 3 aromatic rings. The van der Waals surface area contributed by atoms with Crippen LogP contribution in [0.15, 0.2) is 48.8 Å². The number of nitrogens with zero attached hydrogens (tertiary/aromatic N) is 1. The highest BCUT2D eigenvalue weighted by atomic mass is 16.5. The predicted molar refractivity (Wildman–Crippen MR) is 105 cm³/mol. The molecule has 1 fully saturated rings. The van der Waals surface area contributed by atoms with Crippen molar-refractivity contribution >= 4 is 16.7 Å². The van der Waals surface area contributed by atoms with Crippen LogP contribution in [0.2, 0.25) is 0 Å². The molecule has 1 aliphatic carbocycles. The Morgan fingerprint density at radius 3 is 2.81 bits per heavy atom. The highest BCUT2D eigenvalue weighted by molar-refractivity contribution is 5.92. The molecule has 0 aliphatic heterocycles. The number of nitrogens with one attached hydrogen (secondary N) is 2. The molecule has 26 heavy (non-hydrogen) atoms. The number of fused-ring (bicyclic) bond motifs is 1. The summed E-state index contributed by atoms with van der Waals surface area (Å²) in [5.74, 6) is 7.20. The van der Waals surface area contributed by atoms with E-state index in [0.717, 1.165) is 28.0 Å². The van der Waals surface area contributed by atoms with Gasteiger partial charge in [-0.25, -0.2) is 4.98 Å². The Bertz CT molecular complexity index is 915. The van der Waals surface area contributed by atoms with E-state index >= 15 is 0 Å². The second-order valence-corrected chi connectivity index (χ2v) is 6.67. The number of rotatable bonds is 4. The first-order valence-corrected chi connectivity index (χ1v) is 9.29. The highest BCUT2D eigenvalue weighted by Gasteiger charge is 2.16. The van der Waals surface area contributed by atoms with E-state index in [1.165, 1.54) is 32.1 Å². The Hall–Kier alpha value is -2.93. The first-order chi connectivity index (χ1) is 12.9. The van der Waals surface area contributed by atoms with Gasteiger partial charge in [-0.05, 0) is 31.0 Å². The van der Waals surface area contributed by atoms with Crippen LogP contribution in [0.1, 0.15) is 37.7 Å². The molecule has 0 atom stereocenters. The van der Waals surface area contributed by atoms with Gasteiger partial charge < -0.3 is 15.0 Å². The third kappa shape index (κ3) is 3.83. The smallest absolute Gasteiger partial charge is 0.149 e. The molecule has 0 spiro atoms. The molecule has 0 saturated heterocycles. The molecule has 4 nitrogen and oxygen atoms in total. The van der Waals surface area contributed by atoms with Crippen LogP contribution in [-0.2, 0) is 0 Å². The minimum atomic E-state index is 0.359. The third-order valence-electron chi connectivity index (χ3n) is 4.82. The van der Waals surface area contributed by atoms with Crippen molar-refractivity contribution in [1.82, 2.24) is 9.97 Å². The largest absolute Gasteiger partial charge is 0.481 e. The van der Waals surface area contributed by atoms with E-state index in [9.17, 15) is 0 Å². The molecular weight excluding hydrogens is 322 g/mol. The van der Waals surface area contributed by atoms with Gasteiger partial charge in [-0.1, -0.05) is 49.3 Å². The summed E-state index contributed by atoms with van der Waals surface area (Å²) in [4.78, 5) is 7.68. The molecule has 0 amide bonds. The average molecular weight is 345 g/mol. The van der Waals surface area contributed by atoms with E-state index in [-0.39, 0.29) is 0 Å². The van der Waals surface area contributed by atoms with E-state index in [1.807, 2.05) is 42.7 Å². The van der Waals surface area contributed by atoms with Gasteiger partial charge in [-0.2, -0.15) is 0 Å². The molecule has 0 unspecified atom stereocenters. The molecule has 2 heterocycles. The van der Waals surface area contributed by atoms with Crippen LogP contribution in [0.3, 0.4) is 0 Å². The van der Waals surface area contributed by atoms with Crippen molar-refractivity contribution < 1.29 is 4.74 Å². The number of aromatic nitrogens is 2. The Labute approximate surface area is 154 Å². The minimum absolute atomic E-state index is 0.359. The number of hydrogen-bond acceptors (Lipinski definition) is 3. The Morgan fingerprint density at radius 1 is 1.12 bits per heavy atom. The highest BCUT2D eigenvalue weighted by Crippen LogP contribution is 2.29. The lowest BCUT2D eigenvalue weighted by Crippen LogP contribution is -2.22. The molecule has 2 aromatic heterocycles. The van der Waals surface area contributed by atoms with Gasteiger partial charge in [0.2, 0.25) is 0 Å². The molecule has 4 rings (SSSR count). The molecular formula is C22H23N3O. The predicted octanol–water partition coefficient (Wildman–Crippen LogP) is 4.74. The molecule has 1 aliphatic rings. The second-order valence-electron chi connectivity index (χ2n) is 6.67. The lowest BCUT2D eigenvalue weighted by molar-refractivity contribution is 0.370. The number of para-hydroxylation sites is 1. The van der Waals surface area contributed by atoms with Crippen LogP contribution < -0.4 is 10.1 Å². The standard InChI is InChI=1S/C22H23N3O/c1-3-9-18(10-4-1)25-21-17(16-24-22-20(21)13-14-23-22)8-7-15-26-19-11-5-2-6-12-19/h2,5-6,11-14,16,18H,1,3-4,9-10,15H2,(H2,23,24,25). The van der Waals surface area contributed by atoms with Crippen LogP contribution in [-0.4, -0.2) is 22.6 Å². The van der Waals surface area contributed by atoms with Crippen molar-refractivity contribution in [1.29, 1.82) is 0 Å². The molecule has 0 bridgehead atoms. The fraction of sp³-hybridized carbons (Fsp3) is 0.318. The molecule has 1 aromatic carbocycles. The number of hydrogen-bond donors (Lipinski definition) is 2. The maximum Gasteiger partial charge on any atom is 0.149 e. The average Bonchev–Trinajstić information content (AvgIpc) is 3.17. The number of H-pyrrole nitrogens is 1. The third-order valence-corrected chi connectivity index (χ3v) is 4.82. The van der Waals surface area contributed by atoms with Crippen molar-refractivity contribution in [3.63, 3.8) is 0 Å². The summed E-state index contributed by atoms with van der Waals surface area (Å²) in [6.45, 7) is 0.359.